The number of carbonyl (C=O) groups is 3. The van der Waals surface area contributed by atoms with Crippen LogP contribution in [0.5, 0.6) is 0 Å². The van der Waals surface area contributed by atoms with Crippen LogP contribution in [0.15, 0.2) is 42.6 Å². The van der Waals surface area contributed by atoms with E-state index in [1.165, 1.54) is 0 Å². The topological polar surface area (TPSA) is 95.5 Å². The lowest BCUT2D eigenvalue weighted by Gasteiger charge is -2.32. The molecule has 8 nitrogen and oxygen atoms in total. The number of pyridine rings is 2. The van der Waals surface area contributed by atoms with Gasteiger partial charge in [-0.05, 0) is 24.3 Å². The lowest BCUT2D eigenvalue weighted by Crippen LogP contribution is -2.48. The normalized spacial score (nSPS) is 14.0. The molecule has 0 radical (unpaired) electrons. The molecule has 0 bridgehead atoms. The first-order valence-electron chi connectivity index (χ1n) is 8.31. The van der Waals surface area contributed by atoms with Crippen molar-refractivity contribution in [1.29, 1.82) is 0 Å². The Balaban J connectivity index is 1.63. The van der Waals surface area contributed by atoms with Gasteiger partial charge in [-0.25, -0.2) is 4.98 Å². The average molecular weight is 353 g/mol. The molecule has 3 amide bonds. The molecule has 3 heterocycles. The summed E-state index contributed by atoms with van der Waals surface area (Å²) in [5.41, 5.74) is 1.13. The second-order valence-corrected chi connectivity index (χ2v) is 5.85. The third-order valence-corrected chi connectivity index (χ3v) is 4.11. The van der Waals surface area contributed by atoms with Crippen LogP contribution >= 0.6 is 0 Å². The molecule has 0 atom stereocenters. The van der Waals surface area contributed by atoms with Gasteiger partial charge in [0.05, 0.1) is 12.2 Å². The Labute approximate surface area is 150 Å². The Bertz CT molecular complexity index is 788. The monoisotopic (exact) mass is 353 g/mol. The predicted molar refractivity (Wildman–Crippen MR) is 93.2 cm³/mol. The van der Waals surface area contributed by atoms with Crippen molar-refractivity contribution in [2.45, 2.75) is 6.54 Å². The van der Waals surface area contributed by atoms with E-state index in [9.17, 15) is 14.4 Å². The van der Waals surface area contributed by atoms with E-state index in [2.05, 4.69) is 15.3 Å². The van der Waals surface area contributed by atoms with Crippen LogP contribution in [0.2, 0.25) is 0 Å². The van der Waals surface area contributed by atoms with Crippen LogP contribution in [0.3, 0.4) is 0 Å². The van der Waals surface area contributed by atoms with Crippen LogP contribution in [-0.4, -0.2) is 64.2 Å². The molecule has 8 heteroatoms. The minimum Gasteiger partial charge on any atom is -0.345 e. The number of carbonyl (C=O) groups excluding carboxylic acids is 3. The molecule has 0 aromatic carbocycles. The standard InChI is InChI=1S/C18H19N5O3/c24-13-22-8-10-23(11-9-22)18(26)16-6-3-5-15(21-16)17(25)20-12-14-4-1-2-7-19-14/h1-7,13H,8-12H2,(H,20,25). The number of amides is 3. The quantitative estimate of drug-likeness (QED) is 0.781. The fourth-order valence-corrected chi connectivity index (χ4v) is 2.64. The number of aromatic nitrogens is 2. The van der Waals surface area contributed by atoms with Crippen LogP contribution in [0.1, 0.15) is 26.7 Å². The molecule has 1 N–H and O–H groups in total. The number of nitrogens with one attached hydrogen (secondary N) is 1. The van der Waals surface area contributed by atoms with Crippen molar-refractivity contribution in [3.8, 4) is 0 Å². The summed E-state index contributed by atoms with van der Waals surface area (Å²) in [5.74, 6) is -0.606. The summed E-state index contributed by atoms with van der Waals surface area (Å²) in [7, 11) is 0. The molecule has 1 aliphatic rings. The minimum absolute atomic E-state index is 0.179. The zero-order valence-corrected chi connectivity index (χ0v) is 14.2. The van der Waals surface area contributed by atoms with Crippen LogP contribution in [-0.2, 0) is 11.3 Å². The van der Waals surface area contributed by atoms with E-state index in [0.29, 0.717) is 26.2 Å². The molecular weight excluding hydrogens is 334 g/mol. The number of hydrogen-bond acceptors (Lipinski definition) is 5. The molecule has 0 saturated carbocycles. The summed E-state index contributed by atoms with van der Waals surface area (Å²) < 4.78 is 0. The van der Waals surface area contributed by atoms with E-state index in [0.717, 1.165) is 12.1 Å². The largest absolute Gasteiger partial charge is 0.345 e. The average Bonchev–Trinajstić information content (AvgIpc) is 2.72. The number of piperazine rings is 1. The molecule has 2 aromatic heterocycles. The van der Waals surface area contributed by atoms with Gasteiger partial charge in [0.1, 0.15) is 11.4 Å². The van der Waals surface area contributed by atoms with Crippen LogP contribution < -0.4 is 5.32 Å². The molecular formula is C18H19N5O3. The number of rotatable bonds is 5. The summed E-state index contributed by atoms with van der Waals surface area (Å²) in [5, 5.41) is 2.74. The van der Waals surface area contributed by atoms with Crippen molar-refractivity contribution in [2.75, 3.05) is 26.2 Å². The predicted octanol–water partition coefficient (Wildman–Crippen LogP) is 0.321. The molecule has 26 heavy (non-hydrogen) atoms. The summed E-state index contributed by atoms with van der Waals surface area (Å²) >= 11 is 0. The Kier molecular flexibility index (Phi) is 5.52. The maximum Gasteiger partial charge on any atom is 0.272 e. The first kappa shape index (κ1) is 17.5. The van der Waals surface area contributed by atoms with Crippen molar-refractivity contribution in [1.82, 2.24) is 25.1 Å². The highest BCUT2D eigenvalue weighted by molar-refractivity contribution is 5.96. The van der Waals surface area contributed by atoms with E-state index >= 15 is 0 Å². The van der Waals surface area contributed by atoms with Crippen molar-refractivity contribution in [2.24, 2.45) is 0 Å². The van der Waals surface area contributed by atoms with Crippen molar-refractivity contribution < 1.29 is 14.4 Å². The molecule has 2 aromatic rings. The van der Waals surface area contributed by atoms with Gasteiger partial charge in [0.25, 0.3) is 11.8 Å². The Hall–Kier alpha value is -3.29. The number of hydrogen-bond donors (Lipinski definition) is 1. The summed E-state index contributed by atoms with van der Waals surface area (Å²) in [4.78, 5) is 47.2. The molecule has 134 valence electrons. The Morgan fingerprint density at radius 1 is 1.04 bits per heavy atom. The van der Waals surface area contributed by atoms with Crippen LogP contribution in [0.25, 0.3) is 0 Å². The van der Waals surface area contributed by atoms with Gasteiger partial charge in [-0.1, -0.05) is 12.1 Å². The molecule has 0 unspecified atom stereocenters. The summed E-state index contributed by atoms with van der Waals surface area (Å²) in [6.45, 7) is 2.19. The maximum absolute atomic E-state index is 12.6. The van der Waals surface area contributed by atoms with Gasteiger partial charge < -0.3 is 15.1 Å². The lowest BCUT2D eigenvalue weighted by molar-refractivity contribution is -0.119. The SMILES string of the molecule is O=CN1CCN(C(=O)c2cccc(C(=O)NCc3ccccn3)n2)CC1. The molecule has 1 saturated heterocycles. The van der Waals surface area contributed by atoms with Crippen LogP contribution in [0, 0.1) is 0 Å². The highest BCUT2D eigenvalue weighted by Crippen LogP contribution is 2.08. The van der Waals surface area contributed by atoms with Gasteiger partial charge in [0, 0.05) is 32.4 Å². The fourth-order valence-electron chi connectivity index (χ4n) is 2.64. The fraction of sp³-hybridized carbons (Fsp3) is 0.278. The van der Waals surface area contributed by atoms with Gasteiger partial charge in [0.15, 0.2) is 0 Å². The smallest absolute Gasteiger partial charge is 0.272 e. The first-order valence-corrected chi connectivity index (χ1v) is 8.31. The second kappa shape index (κ2) is 8.19. The summed E-state index contributed by atoms with van der Waals surface area (Å²) in [6, 6.07) is 10.2. The van der Waals surface area contributed by atoms with Gasteiger partial charge in [-0.2, -0.15) is 0 Å². The lowest BCUT2D eigenvalue weighted by atomic mass is 10.2. The van der Waals surface area contributed by atoms with E-state index in [4.69, 9.17) is 0 Å². The maximum atomic E-state index is 12.6. The van der Waals surface area contributed by atoms with Gasteiger partial charge >= 0.3 is 0 Å². The molecule has 3 rings (SSSR count). The van der Waals surface area contributed by atoms with Crippen LogP contribution in [0.4, 0.5) is 0 Å². The third kappa shape index (κ3) is 4.21. The zero-order chi connectivity index (χ0) is 18.4. The van der Waals surface area contributed by atoms with Crippen molar-refractivity contribution >= 4 is 18.2 Å². The van der Waals surface area contributed by atoms with Gasteiger partial charge in [0.2, 0.25) is 6.41 Å². The molecule has 0 spiro atoms. The highest BCUT2D eigenvalue weighted by Gasteiger charge is 2.22. The molecule has 0 aliphatic carbocycles. The Morgan fingerprint density at radius 2 is 1.81 bits per heavy atom. The molecule has 1 aliphatic heterocycles. The van der Waals surface area contributed by atoms with E-state index in [1.54, 1.807) is 40.3 Å². The zero-order valence-electron chi connectivity index (χ0n) is 14.2. The number of nitrogens with zero attached hydrogens (tertiary/aromatic N) is 4. The first-order chi connectivity index (χ1) is 12.7. The van der Waals surface area contributed by atoms with E-state index in [1.807, 2.05) is 12.1 Å². The molecule has 1 fully saturated rings. The summed E-state index contributed by atoms with van der Waals surface area (Å²) in [6.07, 6.45) is 2.44. The van der Waals surface area contributed by atoms with Gasteiger partial charge in [-0.15, -0.1) is 0 Å². The second-order valence-electron chi connectivity index (χ2n) is 5.85. The highest BCUT2D eigenvalue weighted by atomic mass is 16.2. The van der Waals surface area contributed by atoms with Crippen molar-refractivity contribution in [3.63, 3.8) is 0 Å². The van der Waals surface area contributed by atoms with Crippen molar-refractivity contribution in [3.05, 3.63) is 59.7 Å². The minimum atomic E-state index is -0.365. The van der Waals surface area contributed by atoms with E-state index in [-0.39, 0.29) is 29.7 Å². The van der Waals surface area contributed by atoms with E-state index < -0.39 is 0 Å². The van der Waals surface area contributed by atoms with Gasteiger partial charge in [-0.3, -0.25) is 19.4 Å². The third-order valence-electron chi connectivity index (χ3n) is 4.11. The Morgan fingerprint density at radius 3 is 2.50 bits per heavy atom.